The standard InChI is InChI=1S/C26H35NO4/c1-5-6-7-17-30-23-12-10-22(11-13-23)27-26(28)15-9-21-8-14-24(25(19-21)29-4)31-18-16-20(2)3/h8-15,19-20H,5-7,16-18H2,1-4H3,(H,27,28)/b15-9+. The molecule has 0 unspecified atom stereocenters. The second-order valence-electron chi connectivity index (χ2n) is 7.84. The van der Waals surface area contributed by atoms with Crippen LogP contribution in [0, 0.1) is 5.92 Å². The SMILES string of the molecule is CCCCCOc1ccc(NC(=O)/C=C/c2ccc(OCCC(C)C)c(OC)c2)cc1. The van der Waals surface area contributed by atoms with Crippen LogP contribution in [-0.4, -0.2) is 26.2 Å². The largest absolute Gasteiger partial charge is 0.494 e. The van der Waals surface area contributed by atoms with E-state index >= 15 is 0 Å². The zero-order valence-corrected chi connectivity index (χ0v) is 19.1. The van der Waals surface area contributed by atoms with Crippen LogP contribution in [0.15, 0.2) is 48.5 Å². The molecule has 0 bridgehead atoms. The Kier molecular flexibility index (Phi) is 10.5. The van der Waals surface area contributed by atoms with Gasteiger partial charge in [0, 0.05) is 11.8 Å². The Morgan fingerprint density at radius 3 is 2.45 bits per heavy atom. The number of anilines is 1. The zero-order valence-electron chi connectivity index (χ0n) is 19.1. The number of amides is 1. The molecule has 0 saturated heterocycles. The predicted octanol–water partition coefficient (Wildman–Crippen LogP) is 6.34. The molecule has 0 spiro atoms. The van der Waals surface area contributed by atoms with Crippen molar-refractivity contribution in [3.63, 3.8) is 0 Å². The molecule has 2 aromatic rings. The second kappa shape index (κ2) is 13.4. The highest BCUT2D eigenvalue weighted by atomic mass is 16.5. The van der Waals surface area contributed by atoms with Crippen LogP contribution in [0.5, 0.6) is 17.2 Å². The van der Waals surface area contributed by atoms with E-state index in [0.29, 0.717) is 30.6 Å². The molecule has 0 atom stereocenters. The van der Waals surface area contributed by atoms with Gasteiger partial charge < -0.3 is 19.5 Å². The summed E-state index contributed by atoms with van der Waals surface area (Å²) in [7, 11) is 1.61. The number of carbonyl (C=O) groups excluding carboxylic acids is 1. The third-order valence-corrected chi connectivity index (χ3v) is 4.71. The first kappa shape index (κ1) is 24.3. The number of hydrogen-bond donors (Lipinski definition) is 1. The number of carbonyl (C=O) groups is 1. The summed E-state index contributed by atoms with van der Waals surface area (Å²) in [5.41, 5.74) is 1.58. The van der Waals surface area contributed by atoms with Crippen LogP contribution < -0.4 is 19.5 Å². The van der Waals surface area contributed by atoms with E-state index < -0.39 is 0 Å². The Morgan fingerprint density at radius 2 is 1.77 bits per heavy atom. The van der Waals surface area contributed by atoms with Crippen molar-refractivity contribution in [3.05, 3.63) is 54.1 Å². The highest BCUT2D eigenvalue weighted by molar-refractivity contribution is 6.01. The fourth-order valence-corrected chi connectivity index (χ4v) is 2.84. The minimum absolute atomic E-state index is 0.201. The molecule has 2 rings (SSSR count). The highest BCUT2D eigenvalue weighted by Crippen LogP contribution is 2.29. The van der Waals surface area contributed by atoms with E-state index in [0.717, 1.165) is 29.8 Å². The van der Waals surface area contributed by atoms with E-state index in [9.17, 15) is 4.79 Å². The van der Waals surface area contributed by atoms with Crippen LogP contribution >= 0.6 is 0 Å². The third kappa shape index (κ3) is 9.16. The Balaban J connectivity index is 1.87. The molecule has 31 heavy (non-hydrogen) atoms. The van der Waals surface area contributed by atoms with Gasteiger partial charge in [-0.1, -0.05) is 39.7 Å². The second-order valence-corrected chi connectivity index (χ2v) is 7.84. The highest BCUT2D eigenvalue weighted by Gasteiger charge is 2.06. The fourth-order valence-electron chi connectivity index (χ4n) is 2.84. The Morgan fingerprint density at radius 1 is 1.00 bits per heavy atom. The van der Waals surface area contributed by atoms with Crippen LogP contribution in [0.2, 0.25) is 0 Å². The smallest absolute Gasteiger partial charge is 0.248 e. The van der Waals surface area contributed by atoms with Crippen LogP contribution in [-0.2, 0) is 4.79 Å². The van der Waals surface area contributed by atoms with Crippen LogP contribution in [0.3, 0.4) is 0 Å². The van der Waals surface area contributed by atoms with Gasteiger partial charge in [-0.15, -0.1) is 0 Å². The quantitative estimate of drug-likeness (QED) is 0.300. The van der Waals surface area contributed by atoms with E-state index in [1.807, 2.05) is 42.5 Å². The van der Waals surface area contributed by atoms with Crippen molar-refractivity contribution in [2.75, 3.05) is 25.6 Å². The molecule has 0 aromatic heterocycles. The molecule has 0 aliphatic heterocycles. The number of benzene rings is 2. The van der Waals surface area contributed by atoms with Crippen molar-refractivity contribution in [3.8, 4) is 17.2 Å². The number of unbranched alkanes of at least 4 members (excludes halogenated alkanes) is 2. The maximum atomic E-state index is 12.3. The van der Waals surface area contributed by atoms with Gasteiger partial charge in [0.15, 0.2) is 11.5 Å². The van der Waals surface area contributed by atoms with Gasteiger partial charge in [-0.2, -0.15) is 0 Å². The van der Waals surface area contributed by atoms with E-state index in [2.05, 4.69) is 26.1 Å². The molecule has 0 fully saturated rings. The molecule has 0 radical (unpaired) electrons. The minimum Gasteiger partial charge on any atom is -0.494 e. The molecule has 1 amide bonds. The van der Waals surface area contributed by atoms with Gasteiger partial charge in [-0.25, -0.2) is 0 Å². The molecule has 0 aliphatic rings. The summed E-state index contributed by atoms with van der Waals surface area (Å²) in [4.78, 5) is 12.3. The number of rotatable bonds is 13. The first-order valence-corrected chi connectivity index (χ1v) is 11.0. The summed E-state index contributed by atoms with van der Waals surface area (Å²) in [6, 6.07) is 13.1. The molecule has 2 aromatic carbocycles. The van der Waals surface area contributed by atoms with Crippen molar-refractivity contribution in [1.29, 1.82) is 0 Å². The first-order valence-electron chi connectivity index (χ1n) is 11.0. The molecule has 1 N–H and O–H groups in total. The average Bonchev–Trinajstić information content (AvgIpc) is 2.76. The topological polar surface area (TPSA) is 56.8 Å². The summed E-state index contributed by atoms with van der Waals surface area (Å²) in [6.45, 7) is 7.86. The van der Waals surface area contributed by atoms with E-state index in [1.54, 1.807) is 13.2 Å². The summed E-state index contributed by atoms with van der Waals surface area (Å²) >= 11 is 0. The monoisotopic (exact) mass is 425 g/mol. The van der Waals surface area contributed by atoms with E-state index in [1.165, 1.54) is 18.9 Å². The van der Waals surface area contributed by atoms with Crippen molar-refractivity contribution < 1.29 is 19.0 Å². The minimum atomic E-state index is -0.201. The molecule has 5 heteroatoms. The lowest BCUT2D eigenvalue weighted by molar-refractivity contribution is -0.111. The van der Waals surface area contributed by atoms with Gasteiger partial charge in [0.25, 0.3) is 0 Å². The first-order chi connectivity index (χ1) is 15.0. The summed E-state index contributed by atoms with van der Waals surface area (Å²) < 4.78 is 16.9. The van der Waals surface area contributed by atoms with Crippen LogP contribution in [0.25, 0.3) is 6.08 Å². The zero-order chi connectivity index (χ0) is 22.5. The maximum Gasteiger partial charge on any atom is 0.248 e. The normalized spacial score (nSPS) is 11.0. The Labute approximate surface area is 186 Å². The van der Waals surface area contributed by atoms with Gasteiger partial charge in [-0.3, -0.25) is 4.79 Å². The van der Waals surface area contributed by atoms with Crippen LogP contribution in [0.4, 0.5) is 5.69 Å². The number of methoxy groups -OCH3 is 1. The lowest BCUT2D eigenvalue weighted by Gasteiger charge is -2.12. The molecular formula is C26H35NO4. The van der Waals surface area contributed by atoms with Crippen molar-refractivity contribution in [2.24, 2.45) is 5.92 Å². The summed E-state index contributed by atoms with van der Waals surface area (Å²) in [5.74, 6) is 2.56. The van der Waals surface area contributed by atoms with Gasteiger partial charge in [-0.05, 0) is 66.8 Å². The Hall–Kier alpha value is -2.95. The van der Waals surface area contributed by atoms with Crippen molar-refractivity contribution in [1.82, 2.24) is 0 Å². The average molecular weight is 426 g/mol. The van der Waals surface area contributed by atoms with Gasteiger partial charge >= 0.3 is 0 Å². The predicted molar refractivity (Wildman–Crippen MR) is 127 cm³/mol. The fraction of sp³-hybridized carbons (Fsp3) is 0.423. The molecular weight excluding hydrogens is 390 g/mol. The van der Waals surface area contributed by atoms with Crippen molar-refractivity contribution in [2.45, 2.75) is 46.5 Å². The van der Waals surface area contributed by atoms with E-state index in [4.69, 9.17) is 14.2 Å². The molecule has 0 heterocycles. The van der Waals surface area contributed by atoms with Gasteiger partial charge in [0.2, 0.25) is 5.91 Å². The Bertz CT molecular complexity index is 828. The molecule has 5 nitrogen and oxygen atoms in total. The number of nitrogens with one attached hydrogen (secondary N) is 1. The lowest BCUT2D eigenvalue weighted by Crippen LogP contribution is -2.07. The third-order valence-electron chi connectivity index (χ3n) is 4.71. The lowest BCUT2D eigenvalue weighted by atomic mass is 10.1. The molecule has 0 aliphatic carbocycles. The summed E-state index contributed by atoms with van der Waals surface area (Å²) in [5, 5.41) is 2.86. The van der Waals surface area contributed by atoms with Gasteiger partial charge in [0.05, 0.1) is 20.3 Å². The van der Waals surface area contributed by atoms with Gasteiger partial charge in [0.1, 0.15) is 5.75 Å². The molecule has 168 valence electrons. The van der Waals surface area contributed by atoms with Crippen LogP contribution in [0.1, 0.15) is 52.0 Å². The maximum absolute atomic E-state index is 12.3. The summed E-state index contributed by atoms with van der Waals surface area (Å²) in [6.07, 6.45) is 7.63. The molecule has 0 saturated carbocycles. The van der Waals surface area contributed by atoms with E-state index in [-0.39, 0.29) is 5.91 Å². The number of ether oxygens (including phenoxy) is 3. The van der Waals surface area contributed by atoms with Crippen molar-refractivity contribution >= 4 is 17.7 Å². The number of hydrogen-bond acceptors (Lipinski definition) is 4.